The topological polar surface area (TPSA) is 139 Å². The number of pyridine rings is 3. The van der Waals surface area contributed by atoms with Gasteiger partial charge in [0.15, 0.2) is 19.7 Å². The lowest BCUT2D eigenvalue weighted by molar-refractivity contribution is 0.0950. The number of carbonyl (C=O) groups excluding carboxylic acids is 1. The molecule has 2 aliphatic heterocycles. The van der Waals surface area contributed by atoms with Crippen LogP contribution in [0, 0.1) is 12.3 Å². The van der Waals surface area contributed by atoms with Gasteiger partial charge in [-0.3, -0.25) is 9.78 Å². The third kappa shape index (κ3) is 5.04. The summed E-state index contributed by atoms with van der Waals surface area (Å²) in [5.74, 6) is 0.905. The van der Waals surface area contributed by atoms with Crippen molar-refractivity contribution >= 4 is 42.3 Å². The van der Waals surface area contributed by atoms with Gasteiger partial charge in [0.05, 0.1) is 45.5 Å². The Morgan fingerprint density at radius 1 is 1.02 bits per heavy atom. The smallest absolute Gasteiger partial charge is 0.251 e. The summed E-state index contributed by atoms with van der Waals surface area (Å²) < 4.78 is 47.3. The van der Waals surface area contributed by atoms with Gasteiger partial charge < -0.3 is 10.2 Å². The molecule has 1 spiro atoms. The normalized spacial score (nSPS) is 17.3. The second kappa shape index (κ2) is 9.34. The van der Waals surface area contributed by atoms with Gasteiger partial charge in [0.25, 0.3) is 5.91 Å². The molecule has 0 aliphatic carbocycles. The van der Waals surface area contributed by atoms with Crippen LogP contribution in [0.25, 0.3) is 22.3 Å². The molecule has 206 valence electrons. The maximum atomic E-state index is 12.7. The molecule has 0 bridgehead atoms. The highest BCUT2D eigenvalue weighted by molar-refractivity contribution is 7.92. The first kappa shape index (κ1) is 26.3. The summed E-state index contributed by atoms with van der Waals surface area (Å²) in [7, 11) is -6.32. The molecule has 40 heavy (non-hydrogen) atoms. The molecular formula is C28H27N5O5S2. The van der Waals surface area contributed by atoms with Gasteiger partial charge in [-0.05, 0) is 55.0 Å². The highest BCUT2D eigenvalue weighted by atomic mass is 32.2. The average Bonchev–Trinajstić information content (AvgIpc) is 2.88. The summed E-state index contributed by atoms with van der Waals surface area (Å²) in [6.45, 7) is 3.20. The van der Waals surface area contributed by atoms with E-state index in [4.69, 9.17) is 9.97 Å². The van der Waals surface area contributed by atoms with Crippen molar-refractivity contribution in [1.82, 2.24) is 20.3 Å². The molecule has 2 aliphatic rings. The quantitative estimate of drug-likeness (QED) is 0.366. The van der Waals surface area contributed by atoms with Crippen molar-refractivity contribution < 1.29 is 21.6 Å². The number of aromatic nitrogens is 3. The predicted octanol–water partition coefficient (Wildman–Crippen LogP) is 2.57. The maximum absolute atomic E-state index is 12.7. The van der Waals surface area contributed by atoms with Gasteiger partial charge in [-0.15, -0.1) is 0 Å². The standard InChI is InChI=1S/C28H27N5O5S2/c1-18-6-7-19(10-25(18)39(2,35)36)27(34)30-13-21-11-24-20(12-29-21)8-9-23(31-24)22-4-3-5-26(32-22)33-14-28(15-33)16-40(37,38)17-28/h3-12H,13-17H2,1-2H3,(H,30,34). The predicted molar refractivity (Wildman–Crippen MR) is 152 cm³/mol. The SMILES string of the molecule is Cc1ccc(C(=O)NCc2cc3nc(-c4cccc(N5CC6(C5)CS(=O)(=O)C6)n4)ccc3cn2)cc1S(C)(=O)=O. The number of rotatable bonds is 6. The largest absolute Gasteiger partial charge is 0.355 e. The first-order valence-corrected chi connectivity index (χ1v) is 16.4. The van der Waals surface area contributed by atoms with Gasteiger partial charge in [0.1, 0.15) is 5.82 Å². The zero-order valence-corrected chi connectivity index (χ0v) is 23.6. The number of hydrogen-bond donors (Lipinski definition) is 1. The number of carbonyl (C=O) groups is 1. The molecule has 6 rings (SSSR count). The van der Waals surface area contributed by atoms with E-state index < -0.39 is 25.6 Å². The minimum Gasteiger partial charge on any atom is -0.355 e. The molecule has 1 aromatic carbocycles. The zero-order chi connectivity index (χ0) is 28.3. The highest BCUT2D eigenvalue weighted by Crippen LogP contribution is 2.43. The Hall–Kier alpha value is -3.90. The Labute approximate surface area is 232 Å². The van der Waals surface area contributed by atoms with Crippen LogP contribution >= 0.6 is 0 Å². The molecule has 1 N–H and O–H groups in total. The maximum Gasteiger partial charge on any atom is 0.251 e. The monoisotopic (exact) mass is 577 g/mol. The Morgan fingerprint density at radius 3 is 2.50 bits per heavy atom. The molecule has 0 unspecified atom stereocenters. The summed E-state index contributed by atoms with van der Waals surface area (Å²) >= 11 is 0. The molecule has 1 amide bonds. The first-order valence-electron chi connectivity index (χ1n) is 12.7. The Balaban J connectivity index is 1.17. The highest BCUT2D eigenvalue weighted by Gasteiger charge is 2.56. The Bertz CT molecular complexity index is 1890. The minimum absolute atomic E-state index is 0.119. The van der Waals surface area contributed by atoms with E-state index in [2.05, 4.69) is 15.2 Å². The number of fused-ring (bicyclic) bond motifs is 1. The number of hydrogen-bond acceptors (Lipinski definition) is 9. The van der Waals surface area contributed by atoms with Crippen LogP contribution in [0.5, 0.6) is 0 Å². The van der Waals surface area contributed by atoms with Gasteiger partial charge in [-0.25, -0.2) is 26.8 Å². The number of nitrogens with zero attached hydrogens (tertiary/aromatic N) is 4. The lowest BCUT2D eigenvalue weighted by atomic mass is 9.83. The van der Waals surface area contributed by atoms with Gasteiger partial charge in [0.2, 0.25) is 0 Å². The first-order chi connectivity index (χ1) is 18.9. The van der Waals surface area contributed by atoms with Crippen LogP contribution in [-0.4, -0.2) is 68.5 Å². The van der Waals surface area contributed by atoms with E-state index in [1.165, 1.54) is 6.07 Å². The fourth-order valence-corrected chi connectivity index (χ4v) is 8.59. The molecule has 0 saturated carbocycles. The fraction of sp³-hybridized carbons (Fsp3) is 0.286. The van der Waals surface area contributed by atoms with E-state index >= 15 is 0 Å². The van der Waals surface area contributed by atoms with E-state index in [9.17, 15) is 21.6 Å². The summed E-state index contributed by atoms with van der Waals surface area (Å²) in [6.07, 6.45) is 2.81. The van der Waals surface area contributed by atoms with E-state index in [1.807, 2.05) is 30.3 Å². The lowest BCUT2D eigenvalue weighted by Crippen LogP contribution is -2.68. The van der Waals surface area contributed by atoms with Crippen molar-refractivity contribution in [2.24, 2.45) is 5.41 Å². The van der Waals surface area contributed by atoms with E-state index in [-0.39, 0.29) is 33.9 Å². The molecular weight excluding hydrogens is 550 g/mol. The van der Waals surface area contributed by atoms with Gasteiger partial charge >= 0.3 is 0 Å². The summed E-state index contributed by atoms with van der Waals surface area (Å²) in [5.41, 5.74) is 3.40. The molecule has 2 saturated heterocycles. The Kier molecular flexibility index (Phi) is 6.15. The minimum atomic E-state index is -3.45. The number of sulfone groups is 2. The van der Waals surface area contributed by atoms with Crippen LogP contribution in [0.3, 0.4) is 0 Å². The van der Waals surface area contributed by atoms with E-state index in [1.54, 1.807) is 31.3 Å². The number of benzene rings is 1. The Morgan fingerprint density at radius 2 is 1.77 bits per heavy atom. The molecule has 12 heteroatoms. The van der Waals surface area contributed by atoms with Crippen LogP contribution in [0.1, 0.15) is 21.6 Å². The van der Waals surface area contributed by atoms with Gasteiger partial charge in [-0.2, -0.15) is 0 Å². The van der Waals surface area contributed by atoms with Gasteiger partial charge in [-0.1, -0.05) is 12.1 Å². The van der Waals surface area contributed by atoms with Gasteiger partial charge in [0, 0.05) is 41.9 Å². The summed E-state index contributed by atoms with van der Waals surface area (Å²) in [5, 5.41) is 3.63. The van der Waals surface area contributed by atoms with Crippen molar-refractivity contribution in [3.63, 3.8) is 0 Å². The molecule has 4 aromatic rings. The van der Waals surface area contributed by atoms with Crippen LogP contribution < -0.4 is 10.2 Å². The molecule has 0 atom stereocenters. The van der Waals surface area contributed by atoms with Crippen LogP contribution in [0.2, 0.25) is 0 Å². The summed E-state index contributed by atoms with van der Waals surface area (Å²) in [4.78, 5) is 28.9. The van der Waals surface area contributed by atoms with Crippen molar-refractivity contribution in [2.45, 2.75) is 18.4 Å². The van der Waals surface area contributed by atoms with Crippen molar-refractivity contribution in [3.05, 3.63) is 77.6 Å². The van der Waals surface area contributed by atoms with Crippen molar-refractivity contribution in [1.29, 1.82) is 0 Å². The zero-order valence-electron chi connectivity index (χ0n) is 22.0. The van der Waals surface area contributed by atoms with Crippen LogP contribution in [0.4, 0.5) is 5.82 Å². The third-order valence-corrected chi connectivity index (χ3v) is 10.7. The van der Waals surface area contributed by atoms with Crippen LogP contribution in [-0.2, 0) is 26.2 Å². The molecule has 3 aromatic heterocycles. The van der Waals surface area contributed by atoms with Crippen molar-refractivity contribution in [3.8, 4) is 11.4 Å². The van der Waals surface area contributed by atoms with Crippen molar-refractivity contribution in [2.75, 3.05) is 35.8 Å². The molecule has 0 radical (unpaired) electrons. The molecule has 2 fully saturated rings. The number of aryl methyl sites for hydroxylation is 1. The van der Waals surface area contributed by atoms with E-state index in [0.29, 0.717) is 41.3 Å². The number of anilines is 1. The second-order valence-electron chi connectivity index (χ2n) is 10.8. The van der Waals surface area contributed by atoms with E-state index in [0.717, 1.165) is 17.5 Å². The summed E-state index contributed by atoms with van der Waals surface area (Å²) in [6, 6.07) is 15.9. The average molecular weight is 578 g/mol. The van der Waals surface area contributed by atoms with Crippen LogP contribution in [0.15, 0.2) is 65.7 Å². The fourth-order valence-electron chi connectivity index (χ4n) is 5.45. The second-order valence-corrected chi connectivity index (χ2v) is 14.8. The molecule has 10 nitrogen and oxygen atoms in total. The number of nitrogens with one attached hydrogen (secondary N) is 1. The number of amides is 1. The lowest BCUT2D eigenvalue weighted by Gasteiger charge is -2.55. The third-order valence-electron chi connectivity index (χ3n) is 7.34. The molecule has 5 heterocycles.